The molecular formula is C27H30ClN5O2. The van der Waals surface area contributed by atoms with Crippen molar-refractivity contribution in [2.75, 3.05) is 5.73 Å². The molecule has 0 amide bonds. The summed E-state index contributed by atoms with van der Waals surface area (Å²) in [6.07, 6.45) is 7.65. The number of nitrogens with zero attached hydrogens (tertiary/aromatic N) is 4. The van der Waals surface area contributed by atoms with Crippen LogP contribution in [0.5, 0.6) is 0 Å². The number of halogens is 1. The molecule has 1 aliphatic carbocycles. The fraction of sp³-hybridized carbons (Fsp3) is 0.444. The van der Waals surface area contributed by atoms with Gasteiger partial charge in [-0.3, -0.25) is 0 Å². The number of anilines is 1. The van der Waals surface area contributed by atoms with E-state index in [9.17, 15) is 0 Å². The van der Waals surface area contributed by atoms with E-state index in [0.717, 1.165) is 53.3 Å². The fourth-order valence-corrected chi connectivity index (χ4v) is 6.05. The Morgan fingerprint density at radius 3 is 2.80 bits per heavy atom. The van der Waals surface area contributed by atoms with Crippen molar-refractivity contribution in [2.24, 2.45) is 5.92 Å². The van der Waals surface area contributed by atoms with Gasteiger partial charge in [-0.25, -0.2) is 15.0 Å². The summed E-state index contributed by atoms with van der Waals surface area (Å²) >= 11 is 6.14. The molecule has 6 rings (SSSR count). The number of hydrogen-bond donors (Lipinski definition) is 1. The third kappa shape index (κ3) is 3.96. The molecule has 1 aliphatic heterocycles. The summed E-state index contributed by atoms with van der Waals surface area (Å²) in [5.74, 6) is 0.142. The molecule has 0 unspecified atom stereocenters. The first-order valence-electron chi connectivity index (χ1n) is 12.3. The lowest BCUT2D eigenvalue weighted by Crippen LogP contribution is -2.27. The second-order valence-corrected chi connectivity index (χ2v) is 10.6. The van der Waals surface area contributed by atoms with Gasteiger partial charge >= 0.3 is 0 Å². The maximum Gasteiger partial charge on any atom is 0.163 e. The quantitative estimate of drug-likeness (QED) is 0.397. The van der Waals surface area contributed by atoms with Gasteiger partial charge in [-0.15, -0.1) is 0 Å². The molecule has 1 saturated carbocycles. The van der Waals surface area contributed by atoms with E-state index < -0.39 is 5.79 Å². The number of rotatable bonds is 5. The molecule has 0 bridgehead atoms. The van der Waals surface area contributed by atoms with Crippen LogP contribution in [0.25, 0.3) is 21.9 Å². The van der Waals surface area contributed by atoms with E-state index in [4.69, 9.17) is 26.8 Å². The Morgan fingerprint density at radius 2 is 1.97 bits per heavy atom. The zero-order valence-corrected chi connectivity index (χ0v) is 21.0. The van der Waals surface area contributed by atoms with Gasteiger partial charge in [0.05, 0.1) is 28.4 Å². The van der Waals surface area contributed by atoms with Crippen molar-refractivity contribution in [1.82, 2.24) is 19.5 Å². The highest BCUT2D eigenvalue weighted by atomic mass is 35.5. The summed E-state index contributed by atoms with van der Waals surface area (Å²) in [7, 11) is 0. The number of ether oxygens (including phenoxy) is 2. The number of aromatic nitrogens is 4. The lowest BCUT2D eigenvalue weighted by molar-refractivity contribution is -0.160. The molecule has 2 N–H and O–H groups in total. The number of fused-ring (bicyclic) bond motifs is 3. The van der Waals surface area contributed by atoms with E-state index in [2.05, 4.69) is 56.9 Å². The zero-order valence-electron chi connectivity index (χ0n) is 20.2. The first-order valence-corrected chi connectivity index (χ1v) is 12.7. The average molecular weight is 492 g/mol. The molecule has 8 heteroatoms. The van der Waals surface area contributed by atoms with Crippen LogP contribution in [-0.4, -0.2) is 37.5 Å². The van der Waals surface area contributed by atoms with Gasteiger partial charge in [-0.1, -0.05) is 30.7 Å². The standard InChI is InChI=1S/C27H30ClN5O2/c1-4-20-18-9-10-33(26(18)31-14-30-20)22-13-17(23-24(22)35-27(2,3)34-23)8-6-15-5-7-16-12-19(28)25(29)32-21(16)11-15/h5,7,9-12,14,17,22-24H,4,6,8,13H2,1-3H3,(H2,29,32)/t17-,22+,23+,24-/m0/s1. The number of hydrogen-bond acceptors (Lipinski definition) is 6. The molecule has 3 aromatic heterocycles. The second kappa shape index (κ2) is 8.43. The van der Waals surface area contributed by atoms with E-state index >= 15 is 0 Å². The second-order valence-electron chi connectivity index (χ2n) is 10.2. The molecule has 2 aliphatic rings. The van der Waals surface area contributed by atoms with E-state index in [-0.39, 0.29) is 18.2 Å². The summed E-state index contributed by atoms with van der Waals surface area (Å²) in [5.41, 5.74) is 10.1. The van der Waals surface area contributed by atoms with Gasteiger partial charge in [-0.2, -0.15) is 0 Å². The SMILES string of the molecule is CCc1ncnc2c1ccn2[C@@H]1C[C@H](CCc2ccc3cc(Cl)c(N)nc3c2)[C@H]2OC(C)(C)O[C@H]21. The Morgan fingerprint density at radius 1 is 1.14 bits per heavy atom. The van der Waals surface area contributed by atoms with Crippen LogP contribution in [0.3, 0.4) is 0 Å². The van der Waals surface area contributed by atoms with Crippen LogP contribution in [0.2, 0.25) is 5.02 Å². The van der Waals surface area contributed by atoms with E-state index in [1.54, 1.807) is 6.33 Å². The van der Waals surface area contributed by atoms with Gasteiger partial charge in [-0.05, 0) is 69.2 Å². The first-order chi connectivity index (χ1) is 16.8. The number of aryl methyl sites for hydroxylation is 2. The van der Waals surface area contributed by atoms with E-state index in [1.807, 2.05) is 19.9 Å². The lowest BCUT2D eigenvalue weighted by Gasteiger charge is -2.24. The van der Waals surface area contributed by atoms with Crippen LogP contribution in [0.15, 0.2) is 42.9 Å². The van der Waals surface area contributed by atoms with Crippen LogP contribution in [-0.2, 0) is 22.3 Å². The molecule has 35 heavy (non-hydrogen) atoms. The minimum absolute atomic E-state index is 0.00847. The van der Waals surface area contributed by atoms with Crippen LogP contribution in [0, 0.1) is 5.92 Å². The van der Waals surface area contributed by atoms with Gasteiger partial charge in [0.2, 0.25) is 0 Å². The summed E-state index contributed by atoms with van der Waals surface area (Å²) in [6.45, 7) is 6.15. The highest BCUT2D eigenvalue weighted by Gasteiger charge is 2.54. The molecule has 1 aromatic carbocycles. The summed E-state index contributed by atoms with van der Waals surface area (Å²) in [4.78, 5) is 13.6. The number of pyridine rings is 1. The molecule has 4 aromatic rings. The van der Waals surface area contributed by atoms with E-state index in [1.165, 1.54) is 5.56 Å². The minimum atomic E-state index is -0.595. The van der Waals surface area contributed by atoms with Gasteiger partial charge < -0.3 is 19.8 Å². The smallest absolute Gasteiger partial charge is 0.163 e. The van der Waals surface area contributed by atoms with Crippen molar-refractivity contribution < 1.29 is 9.47 Å². The Hall–Kier alpha value is -2.74. The van der Waals surface area contributed by atoms with Crippen molar-refractivity contribution in [3.05, 3.63) is 59.1 Å². The molecule has 1 saturated heterocycles. The molecule has 182 valence electrons. The van der Waals surface area contributed by atoms with Gasteiger partial charge in [0, 0.05) is 17.0 Å². The predicted octanol–water partition coefficient (Wildman–Crippen LogP) is 5.49. The lowest BCUT2D eigenvalue weighted by atomic mass is 9.95. The van der Waals surface area contributed by atoms with Gasteiger partial charge in [0.25, 0.3) is 0 Å². The Balaban J connectivity index is 1.27. The summed E-state index contributed by atoms with van der Waals surface area (Å²) in [6, 6.07) is 10.5. The van der Waals surface area contributed by atoms with Crippen molar-refractivity contribution in [3.8, 4) is 0 Å². The van der Waals surface area contributed by atoms with Crippen LogP contribution in [0.1, 0.15) is 50.9 Å². The van der Waals surface area contributed by atoms with Crippen molar-refractivity contribution >= 4 is 39.4 Å². The summed E-state index contributed by atoms with van der Waals surface area (Å²) in [5, 5.41) is 2.61. The third-order valence-electron chi connectivity index (χ3n) is 7.50. The highest BCUT2D eigenvalue weighted by molar-refractivity contribution is 6.33. The van der Waals surface area contributed by atoms with Crippen LogP contribution < -0.4 is 5.73 Å². The Bertz CT molecular complexity index is 1420. The largest absolute Gasteiger partial charge is 0.382 e. The summed E-state index contributed by atoms with van der Waals surface area (Å²) < 4.78 is 15.2. The molecule has 2 fully saturated rings. The predicted molar refractivity (Wildman–Crippen MR) is 137 cm³/mol. The fourth-order valence-electron chi connectivity index (χ4n) is 5.89. The molecule has 0 radical (unpaired) electrons. The maximum atomic E-state index is 6.46. The first kappa shape index (κ1) is 22.7. The Kier molecular flexibility index (Phi) is 5.47. The number of nitrogens with two attached hydrogens (primary N) is 1. The molecule has 4 heterocycles. The highest BCUT2D eigenvalue weighted by Crippen LogP contribution is 2.49. The third-order valence-corrected chi connectivity index (χ3v) is 7.80. The van der Waals surface area contributed by atoms with Crippen LogP contribution in [0.4, 0.5) is 5.82 Å². The molecule has 4 atom stereocenters. The monoisotopic (exact) mass is 491 g/mol. The molecule has 7 nitrogen and oxygen atoms in total. The average Bonchev–Trinajstić information content (AvgIpc) is 3.49. The zero-order chi connectivity index (χ0) is 24.3. The van der Waals surface area contributed by atoms with Gasteiger partial charge in [0.1, 0.15) is 23.9 Å². The number of nitrogen functional groups attached to an aromatic ring is 1. The molecular weight excluding hydrogens is 462 g/mol. The van der Waals surface area contributed by atoms with Crippen molar-refractivity contribution in [2.45, 2.75) is 70.5 Å². The van der Waals surface area contributed by atoms with Crippen molar-refractivity contribution in [3.63, 3.8) is 0 Å². The van der Waals surface area contributed by atoms with E-state index in [0.29, 0.717) is 16.8 Å². The molecule has 0 spiro atoms. The maximum absolute atomic E-state index is 6.46. The Labute approximate surface area is 209 Å². The van der Waals surface area contributed by atoms with Crippen LogP contribution >= 0.6 is 11.6 Å². The van der Waals surface area contributed by atoms with Crippen molar-refractivity contribution in [1.29, 1.82) is 0 Å². The normalized spacial score (nSPS) is 25.5. The topological polar surface area (TPSA) is 88.1 Å². The van der Waals surface area contributed by atoms with Gasteiger partial charge in [0.15, 0.2) is 5.79 Å². The minimum Gasteiger partial charge on any atom is -0.382 e. The number of benzene rings is 1.